The molecule has 2 saturated heterocycles. The molecular formula is C24H24FN7O. The summed E-state index contributed by atoms with van der Waals surface area (Å²) < 4.78 is 21.8. The van der Waals surface area contributed by atoms with E-state index in [1.807, 2.05) is 22.7 Å². The number of nitrogens with one attached hydrogen (secondary N) is 2. The van der Waals surface area contributed by atoms with Gasteiger partial charge in [0.15, 0.2) is 5.65 Å². The molecule has 8 nitrogen and oxygen atoms in total. The molecule has 0 amide bonds. The molecule has 2 fully saturated rings. The van der Waals surface area contributed by atoms with E-state index in [1.165, 1.54) is 12.1 Å². The first kappa shape index (κ1) is 20.3. The van der Waals surface area contributed by atoms with E-state index in [9.17, 15) is 4.39 Å². The molecule has 168 valence electrons. The second-order valence-electron chi connectivity index (χ2n) is 8.57. The van der Waals surface area contributed by atoms with Crippen LogP contribution < -0.4 is 10.6 Å². The molecule has 6 rings (SSSR count). The third-order valence-corrected chi connectivity index (χ3v) is 6.63. The predicted octanol–water partition coefficient (Wildman–Crippen LogP) is 2.43. The van der Waals surface area contributed by atoms with Gasteiger partial charge in [0, 0.05) is 36.7 Å². The summed E-state index contributed by atoms with van der Waals surface area (Å²) in [4.78, 5) is 4.85. The lowest BCUT2D eigenvalue weighted by atomic mass is 9.78. The molecule has 2 N–H and O–H groups in total. The standard InChI is InChI=1S/C24H24FN7O/c25-18-3-1-16(2-4-18)22-23(17-7-9-28-29-13-17)32-21(30-22)6-5-20(31-32)19-14-26-10-8-24(19)15-27-11-12-33-24/h1-7,9,13,19,26-27H,8,10-12,14-15H2. The van der Waals surface area contributed by atoms with Crippen molar-refractivity contribution < 1.29 is 9.13 Å². The third-order valence-electron chi connectivity index (χ3n) is 6.63. The number of benzene rings is 1. The van der Waals surface area contributed by atoms with Crippen molar-refractivity contribution in [3.8, 4) is 22.5 Å². The molecule has 0 bridgehead atoms. The van der Waals surface area contributed by atoms with Crippen molar-refractivity contribution in [1.29, 1.82) is 0 Å². The van der Waals surface area contributed by atoms with E-state index in [1.54, 1.807) is 24.5 Å². The number of imidazole rings is 1. The number of rotatable bonds is 3. The highest BCUT2D eigenvalue weighted by Gasteiger charge is 2.44. The van der Waals surface area contributed by atoms with Gasteiger partial charge in [-0.15, -0.1) is 0 Å². The first-order chi connectivity index (χ1) is 16.2. The van der Waals surface area contributed by atoms with Crippen molar-refractivity contribution in [3.63, 3.8) is 0 Å². The van der Waals surface area contributed by atoms with Crippen LogP contribution in [0.4, 0.5) is 4.39 Å². The highest BCUT2D eigenvalue weighted by Crippen LogP contribution is 2.38. The van der Waals surface area contributed by atoms with Crippen LogP contribution in [-0.4, -0.2) is 63.2 Å². The van der Waals surface area contributed by atoms with Crippen LogP contribution in [0.3, 0.4) is 0 Å². The molecular weight excluding hydrogens is 421 g/mol. The number of ether oxygens (including phenoxy) is 1. The minimum Gasteiger partial charge on any atom is -0.372 e. The number of hydrogen-bond donors (Lipinski definition) is 2. The van der Waals surface area contributed by atoms with Crippen molar-refractivity contribution in [2.45, 2.75) is 17.9 Å². The highest BCUT2D eigenvalue weighted by molar-refractivity contribution is 5.81. The molecule has 1 spiro atoms. The molecule has 3 aromatic heterocycles. The van der Waals surface area contributed by atoms with Crippen molar-refractivity contribution >= 4 is 5.65 Å². The smallest absolute Gasteiger partial charge is 0.154 e. The average molecular weight is 446 g/mol. The molecule has 0 radical (unpaired) electrons. The Balaban J connectivity index is 1.52. The summed E-state index contributed by atoms with van der Waals surface area (Å²) in [7, 11) is 0. The van der Waals surface area contributed by atoms with Gasteiger partial charge in [0.25, 0.3) is 0 Å². The van der Waals surface area contributed by atoms with Gasteiger partial charge in [-0.1, -0.05) is 0 Å². The minimum atomic E-state index is -0.286. The van der Waals surface area contributed by atoms with Gasteiger partial charge < -0.3 is 15.4 Å². The van der Waals surface area contributed by atoms with Crippen molar-refractivity contribution in [2.24, 2.45) is 0 Å². The number of halogens is 1. The topological polar surface area (TPSA) is 89.3 Å². The van der Waals surface area contributed by atoms with Gasteiger partial charge in [-0.2, -0.15) is 15.3 Å². The largest absolute Gasteiger partial charge is 0.372 e. The fourth-order valence-electron chi connectivity index (χ4n) is 4.97. The van der Waals surface area contributed by atoms with E-state index in [4.69, 9.17) is 14.8 Å². The monoisotopic (exact) mass is 445 g/mol. The fourth-order valence-corrected chi connectivity index (χ4v) is 4.97. The normalized spacial score (nSPS) is 23.2. The number of nitrogens with zero attached hydrogens (tertiary/aromatic N) is 5. The summed E-state index contributed by atoms with van der Waals surface area (Å²) >= 11 is 0. The molecule has 4 aromatic rings. The molecule has 2 atom stereocenters. The quantitative estimate of drug-likeness (QED) is 0.501. The first-order valence-corrected chi connectivity index (χ1v) is 11.2. The summed E-state index contributed by atoms with van der Waals surface area (Å²) in [6.45, 7) is 4.10. The number of hydrogen-bond acceptors (Lipinski definition) is 7. The van der Waals surface area contributed by atoms with Crippen molar-refractivity contribution in [2.75, 3.05) is 32.8 Å². The summed E-state index contributed by atoms with van der Waals surface area (Å²) in [5, 5.41) is 20.1. The van der Waals surface area contributed by atoms with Crippen LogP contribution >= 0.6 is 0 Å². The Morgan fingerprint density at radius 1 is 1.00 bits per heavy atom. The maximum Gasteiger partial charge on any atom is 0.154 e. The predicted molar refractivity (Wildman–Crippen MR) is 121 cm³/mol. The minimum absolute atomic E-state index is 0.100. The maximum atomic E-state index is 13.6. The molecule has 2 unspecified atom stereocenters. The van der Waals surface area contributed by atoms with Crippen LogP contribution in [0, 0.1) is 5.82 Å². The van der Waals surface area contributed by atoms with Gasteiger partial charge in [-0.05, 0) is 55.4 Å². The van der Waals surface area contributed by atoms with E-state index in [-0.39, 0.29) is 17.3 Å². The van der Waals surface area contributed by atoms with E-state index >= 15 is 0 Å². The lowest BCUT2D eigenvalue weighted by Gasteiger charge is -2.46. The van der Waals surface area contributed by atoms with E-state index in [2.05, 4.69) is 20.8 Å². The molecule has 0 saturated carbocycles. The fraction of sp³-hybridized carbons (Fsp3) is 0.333. The van der Waals surface area contributed by atoms with Gasteiger partial charge in [0.05, 0.1) is 36.0 Å². The lowest BCUT2D eigenvalue weighted by molar-refractivity contribution is -0.0981. The van der Waals surface area contributed by atoms with E-state index < -0.39 is 0 Å². The third kappa shape index (κ3) is 3.58. The first-order valence-electron chi connectivity index (χ1n) is 11.2. The molecule has 2 aliphatic heterocycles. The van der Waals surface area contributed by atoms with Crippen LogP contribution in [0.15, 0.2) is 54.9 Å². The number of morpholine rings is 1. The summed E-state index contributed by atoms with van der Waals surface area (Å²) in [5.41, 5.74) is 4.56. The van der Waals surface area contributed by atoms with E-state index in [0.717, 1.165) is 60.8 Å². The second kappa shape index (κ2) is 8.26. The van der Waals surface area contributed by atoms with Gasteiger partial charge in [0.2, 0.25) is 0 Å². The van der Waals surface area contributed by atoms with Gasteiger partial charge in [-0.25, -0.2) is 13.9 Å². The van der Waals surface area contributed by atoms with Gasteiger partial charge in [0.1, 0.15) is 11.5 Å². The molecule has 9 heteroatoms. The van der Waals surface area contributed by atoms with Crippen LogP contribution in [-0.2, 0) is 4.74 Å². The zero-order chi connectivity index (χ0) is 22.3. The Morgan fingerprint density at radius 3 is 2.70 bits per heavy atom. The van der Waals surface area contributed by atoms with Crippen molar-refractivity contribution in [1.82, 2.24) is 35.4 Å². The molecule has 0 aliphatic carbocycles. The number of aromatic nitrogens is 5. The number of piperidine rings is 1. The lowest BCUT2D eigenvalue weighted by Crippen LogP contribution is -2.59. The number of fused-ring (bicyclic) bond motifs is 1. The average Bonchev–Trinajstić information content (AvgIpc) is 3.24. The van der Waals surface area contributed by atoms with Crippen LogP contribution in [0.25, 0.3) is 28.2 Å². The summed E-state index contributed by atoms with van der Waals surface area (Å²) in [6.07, 6.45) is 4.27. The maximum absolute atomic E-state index is 13.6. The Morgan fingerprint density at radius 2 is 1.91 bits per heavy atom. The zero-order valence-electron chi connectivity index (χ0n) is 18.0. The molecule has 33 heavy (non-hydrogen) atoms. The summed E-state index contributed by atoms with van der Waals surface area (Å²) in [6, 6.07) is 12.3. The van der Waals surface area contributed by atoms with Crippen LogP contribution in [0.1, 0.15) is 18.0 Å². The Bertz CT molecular complexity index is 1260. The van der Waals surface area contributed by atoms with E-state index in [0.29, 0.717) is 12.3 Å². The highest BCUT2D eigenvalue weighted by atomic mass is 19.1. The SMILES string of the molecule is Fc1ccc(-c2nc3ccc(C4CNCCC45CNCCO5)nn3c2-c2ccnnc2)cc1. The van der Waals surface area contributed by atoms with Crippen LogP contribution in [0.5, 0.6) is 0 Å². The summed E-state index contributed by atoms with van der Waals surface area (Å²) in [5.74, 6) is -0.185. The van der Waals surface area contributed by atoms with Gasteiger partial charge >= 0.3 is 0 Å². The Labute approximate surface area is 190 Å². The molecule has 2 aliphatic rings. The molecule has 1 aromatic carbocycles. The van der Waals surface area contributed by atoms with Crippen molar-refractivity contribution in [3.05, 3.63) is 66.4 Å². The second-order valence-corrected chi connectivity index (χ2v) is 8.57. The zero-order valence-corrected chi connectivity index (χ0v) is 18.0. The van der Waals surface area contributed by atoms with Gasteiger partial charge in [-0.3, -0.25) is 0 Å². The Hall–Kier alpha value is -3.27. The van der Waals surface area contributed by atoms with Crippen LogP contribution in [0.2, 0.25) is 0 Å². The molecule has 5 heterocycles. The Kier molecular flexibility index (Phi) is 5.09.